The highest BCUT2D eigenvalue weighted by Gasteiger charge is 1.95. The van der Waals surface area contributed by atoms with Crippen LogP contribution in [-0.4, -0.2) is 0 Å². The van der Waals surface area contributed by atoms with Gasteiger partial charge < -0.3 is 0 Å². The number of halogens is 1. The summed E-state index contributed by atoms with van der Waals surface area (Å²) in [5.74, 6) is 6.10. The van der Waals surface area contributed by atoms with E-state index in [1.807, 2.05) is 41.8 Å². The number of benzene rings is 1. The zero-order valence-electron chi connectivity index (χ0n) is 7.33. The van der Waals surface area contributed by atoms with Crippen LogP contribution in [0.15, 0.2) is 41.8 Å². The summed E-state index contributed by atoms with van der Waals surface area (Å²) in [6.07, 6.45) is 0. The van der Waals surface area contributed by atoms with Crippen molar-refractivity contribution in [2.75, 3.05) is 0 Å². The third-order valence-electron chi connectivity index (χ3n) is 1.73. The maximum atomic E-state index is 5.92. The van der Waals surface area contributed by atoms with Crippen LogP contribution in [0.3, 0.4) is 0 Å². The van der Waals surface area contributed by atoms with Crippen LogP contribution in [0.1, 0.15) is 11.1 Å². The molecule has 0 saturated heterocycles. The first-order chi connectivity index (χ1) is 6.86. The Kier molecular flexibility index (Phi) is 2.88. The minimum absolute atomic E-state index is 0.758. The van der Waals surface area contributed by atoms with E-state index >= 15 is 0 Å². The lowest BCUT2D eigenvalue weighted by Gasteiger charge is -1.86. The Morgan fingerprint density at radius 2 is 1.79 bits per heavy atom. The molecule has 0 unspecified atom stereocenters. The third-order valence-corrected chi connectivity index (χ3v) is 2.90. The number of hydrogen-bond acceptors (Lipinski definition) is 1. The Labute approximate surface area is 92.2 Å². The van der Waals surface area contributed by atoms with Gasteiger partial charge in [-0.1, -0.05) is 41.6 Å². The molecular formula is C12H7ClS. The van der Waals surface area contributed by atoms with Crippen molar-refractivity contribution in [2.24, 2.45) is 0 Å². The molecule has 0 N–H and O–H groups in total. The summed E-state index contributed by atoms with van der Waals surface area (Å²) in [7, 11) is 0. The van der Waals surface area contributed by atoms with Crippen LogP contribution in [0.5, 0.6) is 0 Å². The summed E-state index contributed by atoms with van der Waals surface area (Å²) in [5, 5.41) is 1.94. The first-order valence-electron chi connectivity index (χ1n) is 4.16. The van der Waals surface area contributed by atoms with Gasteiger partial charge in [-0.25, -0.2) is 0 Å². The van der Waals surface area contributed by atoms with Crippen molar-refractivity contribution in [2.45, 2.75) is 0 Å². The van der Waals surface area contributed by atoms with Gasteiger partial charge >= 0.3 is 0 Å². The molecule has 2 aromatic rings. The number of rotatable bonds is 0. The van der Waals surface area contributed by atoms with Crippen molar-refractivity contribution in [1.82, 2.24) is 0 Å². The van der Waals surface area contributed by atoms with Crippen molar-refractivity contribution < 1.29 is 0 Å². The summed E-state index contributed by atoms with van der Waals surface area (Å²) in [6, 6.07) is 11.8. The maximum absolute atomic E-state index is 5.92. The van der Waals surface area contributed by atoms with Crippen LogP contribution >= 0.6 is 22.9 Å². The SMILES string of the molecule is Clc1sccc1C#Cc1ccccc1. The summed E-state index contributed by atoms with van der Waals surface area (Å²) in [5.41, 5.74) is 1.91. The van der Waals surface area contributed by atoms with E-state index in [0.29, 0.717) is 0 Å². The molecule has 0 aliphatic rings. The Balaban J connectivity index is 2.28. The average Bonchev–Trinajstić information content (AvgIpc) is 2.63. The average molecular weight is 219 g/mol. The Morgan fingerprint density at radius 3 is 2.43 bits per heavy atom. The molecule has 1 heterocycles. The van der Waals surface area contributed by atoms with E-state index in [4.69, 9.17) is 11.6 Å². The van der Waals surface area contributed by atoms with Gasteiger partial charge in [-0.3, -0.25) is 0 Å². The van der Waals surface area contributed by atoms with Gasteiger partial charge in [-0.2, -0.15) is 0 Å². The monoisotopic (exact) mass is 218 g/mol. The van der Waals surface area contributed by atoms with E-state index in [-0.39, 0.29) is 0 Å². The highest BCUT2D eigenvalue weighted by Crippen LogP contribution is 2.21. The van der Waals surface area contributed by atoms with E-state index in [2.05, 4.69) is 11.8 Å². The fraction of sp³-hybridized carbons (Fsp3) is 0. The first kappa shape index (κ1) is 9.33. The van der Waals surface area contributed by atoms with E-state index in [9.17, 15) is 0 Å². The third kappa shape index (κ3) is 2.17. The molecule has 0 atom stereocenters. The molecule has 14 heavy (non-hydrogen) atoms. The van der Waals surface area contributed by atoms with Crippen LogP contribution in [-0.2, 0) is 0 Å². The molecule has 0 aliphatic heterocycles. The number of thiophene rings is 1. The van der Waals surface area contributed by atoms with E-state index < -0.39 is 0 Å². The molecule has 1 aromatic heterocycles. The molecule has 0 radical (unpaired) electrons. The molecule has 2 rings (SSSR count). The van der Waals surface area contributed by atoms with Crippen LogP contribution in [0.25, 0.3) is 0 Å². The van der Waals surface area contributed by atoms with Crippen molar-refractivity contribution in [3.8, 4) is 11.8 Å². The zero-order chi connectivity index (χ0) is 9.80. The largest absolute Gasteiger partial charge is 0.131 e. The summed E-state index contributed by atoms with van der Waals surface area (Å²) in [4.78, 5) is 0. The molecule has 1 aromatic carbocycles. The fourth-order valence-corrected chi connectivity index (χ4v) is 1.88. The molecule has 0 aliphatic carbocycles. The second-order valence-electron chi connectivity index (χ2n) is 2.72. The van der Waals surface area contributed by atoms with E-state index in [1.165, 1.54) is 11.3 Å². The standard InChI is InChI=1S/C12H7ClS/c13-12-11(8-9-14-12)7-6-10-4-2-1-3-5-10/h1-5,8-9H. The summed E-state index contributed by atoms with van der Waals surface area (Å²) >= 11 is 7.42. The van der Waals surface area contributed by atoms with Crippen molar-refractivity contribution in [3.05, 3.63) is 57.2 Å². The summed E-state index contributed by atoms with van der Waals surface area (Å²) in [6.45, 7) is 0. The maximum Gasteiger partial charge on any atom is 0.109 e. The molecule has 2 heteroatoms. The smallest absolute Gasteiger partial charge is 0.109 e. The molecule has 0 fully saturated rings. The predicted molar refractivity (Wildman–Crippen MR) is 61.8 cm³/mol. The highest BCUT2D eigenvalue weighted by molar-refractivity contribution is 7.14. The van der Waals surface area contributed by atoms with Crippen molar-refractivity contribution >= 4 is 22.9 Å². The van der Waals surface area contributed by atoms with Crippen molar-refractivity contribution in [3.63, 3.8) is 0 Å². The minimum atomic E-state index is 0.758. The van der Waals surface area contributed by atoms with Crippen LogP contribution < -0.4 is 0 Å². The van der Waals surface area contributed by atoms with Gasteiger partial charge in [0.1, 0.15) is 4.34 Å². The quantitative estimate of drug-likeness (QED) is 0.590. The minimum Gasteiger partial charge on any atom is -0.131 e. The highest BCUT2D eigenvalue weighted by atomic mass is 35.5. The molecule has 0 amide bonds. The Morgan fingerprint density at radius 1 is 1.00 bits per heavy atom. The zero-order valence-corrected chi connectivity index (χ0v) is 8.90. The van der Waals surface area contributed by atoms with Gasteiger partial charge in [0.2, 0.25) is 0 Å². The second-order valence-corrected chi connectivity index (χ2v) is 4.24. The Bertz CT molecular complexity index is 474. The van der Waals surface area contributed by atoms with Gasteiger partial charge in [0.05, 0.1) is 5.56 Å². The normalized spacial score (nSPS) is 9.21. The topological polar surface area (TPSA) is 0 Å². The molecule has 0 bridgehead atoms. The predicted octanol–water partition coefficient (Wildman–Crippen LogP) is 3.80. The number of hydrogen-bond donors (Lipinski definition) is 0. The lowest BCUT2D eigenvalue weighted by atomic mass is 10.2. The van der Waals surface area contributed by atoms with Gasteiger partial charge in [-0.05, 0) is 23.6 Å². The lowest BCUT2D eigenvalue weighted by molar-refractivity contribution is 1.65. The molecular weight excluding hydrogens is 212 g/mol. The van der Waals surface area contributed by atoms with Gasteiger partial charge in [0.15, 0.2) is 0 Å². The lowest BCUT2D eigenvalue weighted by Crippen LogP contribution is -1.71. The first-order valence-corrected chi connectivity index (χ1v) is 5.42. The van der Waals surface area contributed by atoms with Crippen molar-refractivity contribution in [1.29, 1.82) is 0 Å². The Hall–Kier alpha value is -1.23. The van der Waals surface area contributed by atoms with Gasteiger partial charge in [-0.15, -0.1) is 11.3 Å². The van der Waals surface area contributed by atoms with Crippen LogP contribution in [0, 0.1) is 11.8 Å². The van der Waals surface area contributed by atoms with E-state index in [0.717, 1.165) is 15.5 Å². The fourth-order valence-electron chi connectivity index (χ4n) is 1.04. The van der Waals surface area contributed by atoms with Crippen LogP contribution in [0.2, 0.25) is 4.34 Å². The molecule has 68 valence electrons. The van der Waals surface area contributed by atoms with Gasteiger partial charge in [0, 0.05) is 5.56 Å². The van der Waals surface area contributed by atoms with E-state index in [1.54, 1.807) is 0 Å². The van der Waals surface area contributed by atoms with Gasteiger partial charge in [0.25, 0.3) is 0 Å². The molecule has 0 nitrogen and oxygen atoms in total. The van der Waals surface area contributed by atoms with Crippen LogP contribution in [0.4, 0.5) is 0 Å². The molecule has 0 spiro atoms. The summed E-state index contributed by atoms with van der Waals surface area (Å²) < 4.78 is 0.758. The molecule has 0 saturated carbocycles. The second kappa shape index (κ2) is 4.32.